The molecule has 0 saturated carbocycles. The van der Waals surface area contributed by atoms with E-state index >= 15 is 0 Å². The lowest BCUT2D eigenvalue weighted by Crippen LogP contribution is -2.37. The number of hydrogen-bond acceptors (Lipinski definition) is 4. The van der Waals surface area contributed by atoms with E-state index in [0.717, 1.165) is 11.3 Å². The molecule has 2 rings (SSSR count). The molecule has 0 spiro atoms. The first-order valence-electron chi connectivity index (χ1n) is 8.30. The number of aryl methyl sites for hydroxylation is 1. The van der Waals surface area contributed by atoms with E-state index in [1.54, 1.807) is 0 Å². The SMILES string of the molecule is Cc1ccc(C2=NOC(C(=O)NCCC(=O)NCC(C)C)C2)cc1. The van der Waals surface area contributed by atoms with E-state index in [1.807, 2.05) is 45.0 Å². The van der Waals surface area contributed by atoms with Crippen LogP contribution in [0.25, 0.3) is 0 Å². The lowest BCUT2D eigenvalue weighted by Gasteiger charge is -2.10. The summed E-state index contributed by atoms with van der Waals surface area (Å²) in [5.74, 6) is 0.109. The Morgan fingerprint density at radius 3 is 2.62 bits per heavy atom. The fourth-order valence-corrected chi connectivity index (χ4v) is 2.25. The number of carbonyl (C=O) groups is 2. The van der Waals surface area contributed by atoms with E-state index in [2.05, 4.69) is 15.8 Å². The molecule has 1 unspecified atom stereocenters. The quantitative estimate of drug-likeness (QED) is 0.799. The molecule has 1 atom stereocenters. The molecule has 1 heterocycles. The third-order valence-electron chi connectivity index (χ3n) is 3.70. The van der Waals surface area contributed by atoms with Crippen LogP contribution in [0.4, 0.5) is 0 Å². The molecule has 0 aliphatic carbocycles. The molecule has 0 aromatic heterocycles. The van der Waals surface area contributed by atoms with Gasteiger partial charge in [-0.3, -0.25) is 9.59 Å². The third kappa shape index (κ3) is 5.37. The number of benzene rings is 1. The monoisotopic (exact) mass is 331 g/mol. The maximum Gasteiger partial charge on any atom is 0.264 e. The Morgan fingerprint density at radius 1 is 1.25 bits per heavy atom. The summed E-state index contributed by atoms with van der Waals surface area (Å²) in [5.41, 5.74) is 2.90. The van der Waals surface area contributed by atoms with E-state index in [-0.39, 0.29) is 18.2 Å². The molecule has 1 aromatic rings. The molecule has 1 aromatic carbocycles. The average Bonchev–Trinajstić information content (AvgIpc) is 3.03. The van der Waals surface area contributed by atoms with Crippen LogP contribution in [0.1, 0.15) is 37.8 Å². The van der Waals surface area contributed by atoms with Gasteiger partial charge in [-0.2, -0.15) is 0 Å². The van der Waals surface area contributed by atoms with Gasteiger partial charge in [-0.1, -0.05) is 48.8 Å². The molecule has 24 heavy (non-hydrogen) atoms. The van der Waals surface area contributed by atoms with Crippen molar-refractivity contribution in [3.8, 4) is 0 Å². The number of rotatable bonds is 7. The van der Waals surface area contributed by atoms with Gasteiger partial charge in [-0.05, 0) is 18.4 Å². The Labute approximate surface area is 142 Å². The van der Waals surface area contributed by atoms with E-state index in [1.165, 1.54) is 5.56 Å². The molecule has 0 fully saturated rings. The molecule has 130 valence electrons. The number of carbonyl (C=O) groups excluding carboxylic acids is 2. The third-order valence-corrected chi connectivity index (χ3v) is 3.70. The van der Waals surface area contributed by atoms with Crippen LogP contribution in [0, 0.1) is 12.8 Å². The minimum atomic E-state index is -0.625. The summed E-state index contributed by atoms with van der Waals surface area (Å²) in [6.07, 6.45) is 0.0747. The highest BCUT2D eigenvalue weighted by Gasteiger charge is 2.28. The van der Waals surface area contributed by atoms with Gasteiger partial charge in [0.2, 0.25) is 12.0 Å². The van der Waals surface area contributed by atoms with E-state index in [4.69, 9.17) is 4.84 Å². The van der Waals surface area contributed by atoms with E-state index in [9.17, 15) is 9.59 Å². The average molecular weight is 331 g/mol. The van der Waals surface area contributed by atoms with Crippen molar-refractivity contribution in [3.63, 3.8) is 0 Å². The molecule has 1 aliphatic rings. The number of nitrogens with zero attached hydrogens (tertiary/aromatic N) is 1. The van der Waals surface area contributed by atoms with Crippen molar-refractivity contribution in [1.29, 1.82) is 0 Å². The van der Waals surface area contributed by atoms with Crippen molar-refractivity contribution in [2.45, 2.75) is 39.7 Å². The van der Waals surface area contributed by atoms with Gasteiger partial charge in [0.1, 0.15) is 0 Å². The van der Waals surface area contributed by atoms with Gasteiger partial charge in [0.15, 0.2) is 0 Å². The zero-order chi connectivity index (χ0) is 17.5. The van der Waals surface area contributed by atoms with Crippen molar-refractivity contribution in [2.75, 3.05) is 13.1 Å². The Bertz CT molecular complexity index is 608. The van der Waals surface area contributed by atoms with Crippen LogP contribution in [0.5, 0.6) is 0 Å². The summed E-state index contributed by atoms with van der Waals surface area (Å²) >= 11 is 0. The molecular formula is C18H25N3O3. The van der Waals surface area contributed by atoms with Gasteiger partial charge in [0, 0.05) is 25.9 Å². The Morgan fingerprint density at radius 2 is 1.96 bits per heavy atom. The van der Waals surface area contributed by atoms with Crippen molar-refractivity contribution >= 4 is 17.5 Å². The standard InChI is InChI=1S/C18H25N3O3/c1-12(2)11-20-17(22)8-9-19-18(23)16-10-15(21-24-16)14-6-4-13(3)5-7-14/h4-7,12,16H,8-11H2,1-3H3,(H,19,23)(H,20,22). The molecule has 1 aliphatic heterocycles. The summed E-state index contributed by atoms with van der Waals surface area (Å²) in [6.45, 7) is 7.02. The number of nitrogens with one attached hydrogen (secondary N) is 2. The van der Waals surface area contributed by atoms with Crippen molar-refractivity contribution in [3.05, 3.63) is 35.4 Å². The first kappa shape index (κ1) is 18.0. The minimum Gasteiger partial charge on any atom is -0.382 e. The highest BCUT2D eigenvalue weighted by atomic mass is 16.6. The smallest absolute Gasteiger partial charge is 0.264 e. The minimum absolute atomic E-state index is 0.0621. The maximum atomic E-state index is 12.1. The topological polar surface area (TPSA) is 79.8 Å². The van der Waals surface area contributed by atoms with Crippen molar-refractivity contribution in [2.24, 2.45) is 11.1 Å². The Hall–Kier alpha value is -2.37. The van der Waals surface area contributed by atoms with Crippen LogP contribution >= 0.6 is 0 Å². The van der Waals surface area contributed by atoms with E-state index < -0.39 is 6.10 Å². The van der Waals surface area contributed by atoms with Gasteiger partial charge >= 0.3 is 0 Å². The second-order valence-corrected chi connectivity index (χ2v) is 6.44. The van der Waals surface area contributed by atoms with Crippen LogP contribution in [0.3, 0.4) is 0 Å². The van der Waals surface area contributed by atoms with Crippen LogP contribution < -0.4 is 10.6 Å². The van der Waals surface area contributed by atoms with Crippen LogP contribution in [0.2, 0.25) is 0 Å². The zero-order valence-corrected chi connectivity index (χ0v) is 14.5. The van der Waals surface area contributed by atoms with Crippen LogP contribution in [0.15, 0.2) is 29.4 Å². The summed E-state index contributed by atoms with van der Waals surface area (Å²) in [6, 6.07) is 7.94. The molecule has 0 radical (unpaired) electrons. The summed E-state index contributed by atoms with van der Waals surface area (Å²) in [5, 5.41) is 9.55. The lowest BCUT2D eigenvalue weighted by molar-refractivity contribution is -0.131. The van der Waals surface area contributed by atoms with Gasteiger partial charge in [-0.25, -0.2) is 0 Å². The fourth-order valence-electron chi connectivity index (χ4n) is 2.25. The Balaban J connectivity index is 1.71. The van der Waals surface area contributed by atoms with Gasteiger partial charge in [0.25, 0.3) is 5.91 Å². The molecular weight excluding hydrogens is 306 g/mol. The molecule has 2 N–H and O–H groups in total. The first-order valence-corrected chi connectivity index (χ1v) is 8.30. The normalized spacial score (nSPS) is 16.5. The largest absolute Gasteiger partial charge is 0.382 e. The molecule has 6 nitrogen and oxygen atoms in total. The van der Waals surface area contributed by atoms with Crippen LogP contribution in [-0.4, -0.2) is 36.7 Å². The molecule has 6 heteroatoms. The van der Waals surface area contributed by atoms with Gasteiger partial charge in [0.05, 0.1) is 5.71 Å². The highest BCUT2D eigenvalue weighted by Crippen LogP contribution is 2.17. The summed E-state index contributed by atoms with van der Waals surface area (Å²) in [4.78, 5) is 28.9. The van der Waals surface area contributed by atoms with Crippen molar-refractivity contribution < 1.29 is 14.4 Å². The first-order chi connectivity index (χ1) is 11.5. The Kier molecular flexibility index (Phi) is 6.35. The number of oxime groups is 1. The van der Waals surface area contributed by atoms with Crippen LogP contribution in [-0.2, 0) is 14.4 Å². The highest BCUT2D eigenvalue weighted by molar-refractivity contribution is 6.04. The predicted molar refractivity (Wildman–Crippen MR) is 92.7 cm³/mol. The predicted octanol–water partition coefficient (Wildman–Crippen LogP) is 1.77. The molecule has 0 saturated heterocycles. The molecule has 2 amide bonds. The van der Waals surface area contributed by atoms with Crippen molar-refractivity contribution in [1.82, 2.24) is 10.6 Å². The fraction of sp³-hybridized carbons (Fsp3) is 0.500. The number of hydrogen-bond donors (Lipinski definition) is 2. The maximum absolute atomic E-state index is 12.1. The van der Waals surface area contributed by atoms with Gasteiger partial charge < -0.3 is 15.5 Å². The zero-order valence-electron chi connectivity index (χ0n) is 14.5. The second-order valence-electron chi connectivity index (χ2n) is 6.44. The summed E-state index contributed by atoms with van der Waals surface area (Å²) < 4.78 is 0. The number of amides is 2. The molecule has 0 bridgehead atoms. The summed E-state index contributed by atoms with van der Waals surface area (Å²) in [7, 11) is 0. The lowest BCUT2D eigenvalue weighted by atomic mass is 10.0. The van der Waals surface area contributed by atoms with E-state index in [0.29, 0.717) is 25.4 Å². The van der Waals surface area contributed by atoms with Gasteiger partial charge in [-0.15, -0.1) is 0 Å². The second kappa shape index (κ2) is 8.47.